The van der Waals surface area contributed by atoms with Crippen LogP contribution in [-0.4, -0.2) is 58.7 Å². The summed E-state index contributed by atoms with van der Waals surface area (Å²) in [7, 11) is 0. The normalized spacial score (nSPS) is 10.3. The number of hydrogen-bond acceptors (Lipinski definition) is 7. The Kier molecular flexibility index (Phi) is 3.75. The number of carbonyl (C=O) groups excluding carboxylic acids is 1. The van der Waals surface area contributed by atoms with Gasteiger partial charge in [-0.2, -0.15) is 0 Å². The molecule has 0 saturated carbocycles. The molecule has 0 aromatic carbocycles. The van der Waals surface area contributed by atoms with Crippen LogP contribution in [0.3, 0.4) is 0 Å². The number of rotatable bonds is 6. The van der Waals surface area contributed by atoms with Crippen LogP contribution in [0.5, 0.6) is 0 Å². The van der Waals surface area contributed by atoms with Crippen LogP contribution in [0.2, 0.25) is 0 Å². The number of tetrazole rings is 1. The first kappa shape index (κ1) is 12.6. The Labute approximate surface area is 106 Å². The number of carboxylic acids is 1. The monoisotopic (exact) mass is 266 g/mol. The fourth-order valence-electron chi connectivity index (χ4n) is 1.27. The van der Waals surface area contributed by atoms with Gasteiger partial charge in [-0.05, 0) is 10.4 Å². The number of hydrogen-bond donors (Lipinski definition) is 2. The number of carboxylic acid groups (broad SMARTS) is 1. The van der Waals surface area contributed by atoms with Crippen LogP contribution in [0.25, 0.3) is 0 Å². The highest BCUT2D eigenvalue weighted by molar-refractivity contribution is 5.84. The van der Waals surface area contributed by atoms with Gasteiger partial charge in [0.25, 0.3) is 0 Å². The highest BCUT2D eigenvalue weighted by atomic mass is 16.4. The molecular weight excluding hydrogens is 256 g/mol. The van der Waals surface area contributed by atoms with Gasteiger partial charge in [0.1, 0.15) is 12.9 Å². The van der Waals surface area contributed by atoms with Gasteiger partial charge in [-0.1, -0.05) is 5.21 Å². The second-order valence-corrected chi connectivity index (χ2v) is 3.53. The Morgan fingerprint density at radius 2 is 2.16 bits per heavy atom. The summed E-state index contributed by atoms with van der Waals surface area (Å²) in [5.74, 6) is -1.40. The summed E-state index contributed by atoms with van der Waals surface area (Å²) in [5, 5.41) is 28.7. The number of carbonyl (C=O) groups is 2. The molecule has 2 aromatic heterocycles. The number of aromatic nitrogens is 7. The molecule has 0 radical (unpaired) electrons. The first-order valence-corrected chi connectivity index (χ1v) is 5.26. The Balaban J connectivity index is 1.73. The number of aromatic carboxylic acids is 1. The molecule has 0 atom stereocenters. The summed E-state index contributed by atoms with van der Waals surface area (Å²) in [6.07, 6.45) is 2.62. The van der Waals surface area contributed by atoms with Crippen molar-refractivity contribution < 1.29 is 14.7 Å². The van der Waals surface area contributed by atoms with E-state index in [2.05, 4.69) is 31.2 Å². The summed E-state index contributed by atoms with van der Waals surface area (Å²) in [6, 6.07) is 0. The Hall–Kier alpha value is -2.85. The molecule has 0 unspecified atom stereocenters. The van der Waals surface area contributed by atoms with Crippen LogP contribution in [-0.2, 0) is 17.9 Å². The molecule has 0 fully saturated rings. The quantitative estimate of drug-likeness (QED) is 0.599. The fourth-order valence-corrected chi connectivity index (χ4v) is 1.27. The fraction of sp³-hybridized carbons (Fsp3) is 0.375. The Morgan fingerprint density at radius 1 is 1.32 bits per heavy atom. The van der Waals surface area contributed by atoms with Gasteiger partial charge in [0.2, 0.25) is 5.91 Å². The summed E-state index contributed by atoms with van der Waals surface area (Å²) >= 11 is 0. The molecule has 2 heterocycles. The number of nitrogens with one attached hydrogen (secondary N) is 1. The molecule has 0 saturated heterocycles. The third-order valence-corrected chi connectivity index (χ3v) is 2.12. The van der Waals surface area contributed by atoms with Crippen molar-refractivity contribution in [1.82, 2.24) is 40.5 Å². The van der Waals surface area contributed by atoms with E-state index >= 15 is 0 Å². The van der Waals surface area contributed by atoms with Gasteiger partial charge >= 0.3 is 5.97 Å². The number of nitrogens with zero attached hydrogens (tertiary/aromatic N) is 7. The molecular formula is C8H10N8O3. The van der Waals surface area contributed by atoms with Crippen molar-refractivity contribution in [1.29, 1.82) is 0 Å². The maximum Gasteiger partial charge on any atom is 0.358 e. The largest absolute Gasteiger partial charge is 0.476 e. The highest BCUT2D eigenvalue weighted by Gasteiger charge is 2.08. The van der Waals surface area contributed by atoms with Gasteiger partial charge in [0, 0.05) is 6.54 Å². The van der Waals surface area contributed by atoms with Crippen LogP contribution in [0, 0.1) is 0 Å². The van der Waals surface area contributed by atoms with E-state index in [1.807, 2.05) is 0 Å². The van der Waals surface area contributed by atoms with E-state index in [4.69, 9.17) is 5.11 Å². The summed E-state index contributed by atoms with van der Waals surface area (Å²) < 4.78 is 2.62. The zero-order chi connectivity index (χ0) is 13.7. The Morgan fingerprint density at radius 3 is 2.79 bits per heavy atom. The van der Waals surface area contributed by atoms with E-state index in [1.165, 1.54) is 21.9 Å². The van der Waals surface area contributed by atoms with Crippen molar-refractivity contribution in [3.8, 4) is 0 Å². The third-order valence-electron chi connectivity index (χ3n) is 2.12. The van der Waals surface area contributed by atoms with Crippen molar-refractivity contribution >= 4 is 11.9 Å². The molecule has 2 N–H and O–H groups in total. The van der Waals surface area contributed by atoms with Gasteiger partial charge in [-0.3, -0.25) is 4.79 Å². The molecule has 11 nitrogen and oxygen atoms in total. The lowest BCUT2D eigenvalue weighted by atomic mass is 10.5. The Bertz CT molecular complexity index is 562. The van der Waals surface area contributed by atoms with E-state index in [9.17, 15) is 9.59 Å². The first-order chi connectivity index (χ1) is 9.15. The van der Waals surface area contributed by atoms with Crippen LogP contribution in [0.15, 0.2) is 12.5 Å². The zero-order valence-corrected chi connectivity index (χ0v) is 9.67. The van der Waals surface area contributed by atoms with Crippen molar-refractivity contribution in [2.45, 2.75) is 13.1 Å². The standard InChI is InChI=1S/C8H10N8O3/c17-7(4-16-5-10-12-14-16)9-1-2-15-3-6(8(18)19)11-13-15/h3,5H,1-2,4H2,(H,9,17)(H,18,19). The summed E-state index contributed by atoms with van der Waals surface area (Å²) in [4.78, 5) is 22.0. The number of amides is 1. The minimum Gasteiger partial charge on any atom is -0.476 e. The predicted octanol–water partition coefficient (Wildman–Crippen LogP) is -2.22. The maximum absolute atomic E-state index is 11.4. The van der Waals surface area contributed by atoms with E-state index in [0.717, 1.165) is 0 Å². The maximum atomic E-state index is 11.4. The molecule has 100 valence electrons. The molecule has 0 bridgehead atoms. The zero-order valence-electron chi connectivity index (χ0n) is 9.67. The molecule has 0 spiro atoms. The smallest absolute Gasteiger partial charge is 0.358 e. The van der Waals surface area contributed by atoms with Gasteiger partial charge in [0.15, 0.2) is 5.69 Å². The van der Waals surface area contributed by atoms with Crippen LogP contribution >= 0.6 is 0 Å². The average Bonchev–Trinajstić information content (AvgIpc) is 3.00. The molecule has 11 heteroatoms. The summed E-state index contributed by atoms with van der Waals surface area (Å²) in [6.45, 7) is 0.635. The minimum atomic E-state index is -1.14. The van der Waals surface area contributed by atoms with E-state index in [-0.39, 0.29) is 18.1 Å². The molecule has 19 heavy (non-hydrogen) atoms. The van der Waals surface area contributed by atoms with Crippen molar-refractivity contribution in [2.24, 2.45) is 0 Å². The van der Waals surface area contributed by atoms with Gasteiger partial charge < -0.3 is 10.4 Å². The SMILES string of the molecule is O=C(Cn1cnnn1)NCCn1cc(C(=O)O)nn1. The van der Waals surface area contributed by atoms with Crippen LogP contribution in [0.4, 0.5) is 0 Å². The lowest BCUT2D eigenvalue weighted by Crippen LogP contribution is -2.30. The third kappa shape index (κ3) is 3.55. The minimum absolute atomic E-state index is 0.0186. The lowest BCUT2D eigenvalue weighted by molar-refractivity contribution is -0.121. The van der Waals surface area contributed by atoms with Crippen LogP contribution < -0.4 is 5.32 Å². The van der Waals surface area contributed by atoms with E-state index in [1.54, 1.807) is 0 Å². The molecule has 0 aliphatic rings. The van der Waals surface area contributed by atoms with Crippen molar-refractivity contribution in [3.05, 3.63) is 18.2 Å². The van der Waals surface area contributed by atoms with E-state index < -0.39 is 5.97 Å². The topological polar surface area (TPSA) is 141 Å². The van der Waals surface area contributed by atoms with Crippen molar-refractivity contribution in [2.75, 3.05) is 6.54 Å². The molecule has 1 amide bonds. The predicted molar refractivity (Wildman–Crippen MR) is 57.8 cm³/mol. The highest BCUT2D eigenvalue weighted by Crippen LogP contribution is 1.91. The molecule has 0 aliphatic carbocycles. The second-order valence-electron chi connectivity index (χ2n) is 3.53. The van der Waals surface area contributed by atoms with Crippen LogP contribution in [0.1, 0.15) is 10.5 Å². The average molecular weight is 266 g/mol. The van der Waals surface area contributed by atoms with E-state index in [0.29, 0.717) is 13.1 Å². The molecule has 2 rings (SSSR count). The second kappa shape index (κ2) is 5.66. The van der Waals surface area contributed by atoms with Crippen molar-refractivity contribution in [3.63, 3.8) is 0 Å². The van der Waals surface area contributed by atoms with Gasteiger partial charge in [-0.25, -0.2) is 14.2 Å². The molecule has 0 aliphatic heterocycles. The lowest BCUT2D eigenvalue weighted by Gasteiger charge is -2.04. The van der Waals surface area contributed by atoms with Gasteiger partial charge in [0.05, 0.1) is 12.7 Å². The molecule has 2 aromatic rings. The first-order valence-electron chi connectivity index (χ1n) is 5.26. The summed E-state index contributed by atoms with van der Waals surface area (Å²) in [5.41, 5.74) is -0.139. The van der Waals surface area contributed by atoms with Gasteiger partial charge in [-0.15, -0.1) is 10.2 Å².